The lowest BCUT2D eigenvalue weighted by Crippen LogP contribution is -2.29. The van der Waals surface area contributed by atoms with Crippen LogP contribution in [0.2, 0.25) is 0 Å². The summed E-state index contributed by atoms with van der Waals surface area (Å²) in [6.07, 6.45) is -3.40. The smallest absolute Gasteiger partial charge is 0.297 e. The minimum Gasteiger partial charge on any atom is -0.297 e. The summed E-state index contributed by atoms with van der Waals surface area (Å²) in [5.41, 5.74) is 3.94. The Morgan fingerprint density at radius 1 is 1.18 bits per heavy atom. The molecule has 2 rings (SSSR count). The zero-order valence-corrected chi connectivity index (χ0v) is 11.3. The largest absolute Gasteiger partial charge is 0.416 e. The normalized spacial score (nSPS) is 11.1. The summed E-state index contributed by atoms with van der Waals surface area (Å²) >= 11 is 0. The van der Waals surface area contributed by atoms with Gasteiger partial charge in [-0.3, -0.25) is 15.6 Å². The van der Waals surface area contributed by atoms with Crippen molar-refractivity contribution in [2.75, 3.05) is 5.43 Å². The van der Waals surface area contributed by atoms with Gasteiger partial charge in [0.25, 0.3) is 5.91 Å². The van der Waals surface area contributed by atoms with Crippen molar-refractivity contribution in [2.24, 2.45) is 0 Å². The molecule has 0 saturated carbocycles. The molecule has 0 unspecified atom stereocenters. The van der Waals surface area contributed by atoms with Crippen molar-refractivity contribution >= 4 is 11.6 Å². The molecule has 22 heavy (non-hydrogen) atoms. The fraction of sp³-hybridized carbons (Fsp3) is 0.143. The van der Waals surface area contributed by atoms with Crippen molar-refractivity contribution in [3.63, 3.8) is 0 Å². The minimum absolute atomic E-state index is 0.0275. The molecule has 0 radical (unpaired) electrons. The number of rotatable bonds is 3. The highest BCUT2D eigenvalue weighted by molar-refractivity contribution is 5.95. The maximum atomic E-state index is 12.8. The van der Waals surface area contributed by atoms with Gasteiger partial charge in [0, 0.05) is 5.56 Å². The standard InChI is InChI=1S/C14H11F4N3O/c1-8-2-3-9(6-11(8)14(16,17)18)13(22)21-20-10-4-5-12(15)19-7-10/h2-7,20H,1H3,(H,21,22). The second-order valence-electron chi connectivity index (χ2n) is 4.48. The molecular weight excluding hydrogens is 302 g/mol. The number of hydrogen-bond acceptors (Lipinski definition) is 3. The molecule has 116 valence electrons. The topological polar surface area (TPSA) is 54.0 Å². The third kappa shape index (κ3) is 3.72. The predicted octanol–water partition coefficient (Wildman–Crippen LogP) is 3.30. The van der Waals surface area contributed by atoms with E-state index in [1.807, 2.05) is 0 Å². The van der Waals surface area contributed by atoms with Gasteiger partial charge in [-0.15, -0.1) is 0 Å². The Kier molecular flexibility index (Phi) is 4.30. The monoisotopic (exact) mass is 313 g/mol. The minimum atomic E-state index is -4.53. The summed E-state index contributed by atoms with van der Waals surface area (Å²) in [6.45, 7) is 1.31. The lowest BCUT2D eigenvalue weighted by Gasteiger charge is -2.12. The number of carbonyl (C=O) groups excluding carboxylic acids is 1. The molecule has 0 fully saturated rings. The Bertz CT molecular complexity index is 683. The van der Waals surface area contributed by atoms with E-state index in [-0.39, 0.29) is 16.8 Å². The highest BCUT2D eigenvalue weighted by Gasteiger charge is 2.32. The molecule has 1 amide bonds. The Morgan fingerprint density at radius 3 is 2.50 bits per heavy atom. The first kappa shape index (κ1) is 15.7. The Morgan fingerprint density at radius 2 is 1.91 bits per heavy atom. The van der Waals surface area contributed by atoms with Crippen LogP contribution in [0.5, 0.6) is 0 Å². The van der Waals surface area contributed by atoms with Crippen molar-refractivity contribution in [1.82, 2.24) is 10.4 Å². The SMILES string of the molecule is Cc1ccc(C(=O)NNc2ccc(F)nc2)cc1C(F)(F)F. The van der Waals surface area contributed by atoms with Crippen LogP contribution in [-0.4, -0.2) is 10.9 Å². The average molecular weight is 313 g/mol. The van der Waals surface area contributed by atoms with Gasteiger partial charge in [-0.25, -0.2) is 4.98 Å². The van der Waals surface area contributed by atoms with Crippen LogP contribution < -0.4 is 10.9 Å². The number of hydrazine groups is 1. The number of aromatic nitrogens is 1. The van der Waals surface area contributed by atoms with Gasteiger partial charge in [-0.2, -0.15) is 17.6 Å². The summed E-state index contributed by atoms with van der Waals surface area (Å²) in [4.78, 5) is 15.2. The number of carbonyl (C=O) groups is 1. The van der Waals surface area contributed by atoms with Crippen LogP contribution >= 0.6 is 0 Å². The summed E-state index contributed by atoms with van der Waals surface area (Å²) in [6, 6.07) is 5.66. The third-order valence-corrected chi connectivity index (χ3v) is 2.85. The molecule has 0 spiro atoms. The van der Waals surface area contributed by atoms with E-state index < -0.39 is 23.6 Å². The van der Waals surface area contributed by atoms with E-state index in [1.54, 1.807) is 0 Å². The van der Waals surface area contributed by atoms with Gasteiger partial charge in [0.1, 0.15) is 0 Å². The average Bonchev–Trinajstić information content (AvgIpc) is 2.45. The Balaban J connectivity index is 2.11. The molecular formula is C14H11F4N3O. The highest BCUT2D eigenvalue weighted by Crippen LogP contribution is 2.32. The van der Waals surface area contributed by atoms with Crippen molar-refractivity contribution in [3.8, 4) is 0 Å². The first-order valence-electron chi connectivity index (χ1n) is 6.13. The van der Waals surface area contributed by atoms with Gasteiger partial charge in [0.2, 0.25) is 5.95 Å². The van der Waals surface area contributed by atoms with Gasteiger partial charge in [-0.05, 0) is 36.8 Å². The van der Waals surface area contributed by atoms with Crippen LogP contribution in [0.1, 0.15) is 21.5 Å². The fourth-order valence-corrected chi connectivity index (χ4v) is 1.72. The van der Waals surface area contributed by atoms with Gasteiger partial charge in [0.05, 0.1) is 17.4 Å². The zero-order valence-electron chi connectivity index (χ0n) is 11.3. The van der Waals surface area contributed by atoms with Crippen molar-refractivity contribution in [3.05, 3.63) is 59.2 Å². The molecule has 1 aromatic carbocycles. The molecule has 1 aromatic heterocycles. The molecule has 0 saturated heterocycles. The van der Waals surface area contributed by atoms with E-state index in [0.29, 0.717) is 0 Å². The molecule has 2 N–H and O–H groups in total. The van der Waals surface area contributed by atoms with Gasteiger partial charge in [-0.1, -0.05) is 6.07 Å². The van der Waals surface area contributed by atoms with E-state index >= 15 is 0 Å². The number of anilines is 1. The number of alkyl halides is 3. The van der Waals surface area contributed by atoms with Crippen LogP contribution in [0.3, 0.4) is 0 Å². The molecule has 0 aliphatic rings. The summed E-state index contributed by atoms with van der Waals surface area (Å²) in [5, 5.41) is 0. The molecule has 0 atom stereocenters. The highest BCUT2D eigenvalue weighted by atomic mass is 19.4. The third-order valence-electron chi connectivity index (χ3n) is 2.85. The van der Waals surface area contributed by atoms with Gasteiger partial charge >= 0.3 is 6.18 Å². The van der Waals surface area contributed by atoms with Crippen LogP contribution in [0.4, 0.5) is 23.2 Å². The van der Waals surface area contributed by atoms with Gasteiger partial charge in [0.15, 0.2) is 0 Å². The number of amides is 1. The molecule has 0 bridgehead atoms. The second kappa shape index (κ2) is 6.00. The molecule has 0 aliphatic carbocycles. The van der Waals surface area contributed by atoms with Crippen molar-refractivity contribution in [2.45, 2.75) is 13.1 Å². The number of aryl methyl sites for hydroxylation is 1. The summed E-state index contributed by atoms with van der Waals surface area (Å²) in [7, 11) is 0. The van der Waals surface area contributed by atoms with Crippen LogP contribution in [0.15, 0.2) is 36.5 Å². The first-order chi connectivity index (χ1) is 10.3. The zero-order chi connectivity index (χ0) is 16.3. The second-order valence-corrected chi connectivity index (χ2v) is 4.48. The number of hydrogen-bond donors (Lipinski definition) is 2. The number of benzene rings is 1. The molecule has 1 heterocycles. The van der Waals surface area contributed by atoms with E-state index in [1.165, 1.54) is 25.1 Å². The molecule has 2 aromatic rings. The maximum absolute atomic E-state index is 12.8. The number of nitrogens with one attached hydrogen (secondary N) is 2. The van der Waals surface area contributed by atoms with Crippen molar-refractivity contribution in [1.29, 1.82) is 0 Å². The fourth-order valence-electron chi connectivity index (χ4n) is 1.72. The summed E-state index contributed by atoms with van der Waals surface area (Å²) in [5.74, 6) is -1.44. The van der Waals surface area contributed by atoms with E-state index in [2.05, 4.69) is 15.8 Å². The van der Waals surface area contributed by atoms with E-state index in [0.717, 1.165) is 18.3 Å². The molecule has 0 aliphatic heterocycles. The van der Waals surface area contributed by atoms with E-state index in [9.17, 15) is 22.4 Å². The van der Waals surface area contributed by atoms with Crippen molar-refractivity contribution < 1.29 is 22.4 Å². The quantitative estimate of drug-likeness (QED) is 0.519. The predicted molar refractivity (Wildman–Crippen MR) is 71.5 cm³/mol. The summed E-state index contributed by atoms with van der Waals surface area (Å²) < 4.78 is 51.0. The maximum Gasteiger partial charge on any atom is 0.416 e. The molecule has 8 heteroatoms. The van der Waals surface area contributed by atoms with Crippen LogP contribution in [-0.2, 0) is 6.18 Å². The number of halogens is 4. The molecule has 4 nitrogen and oxygen atoms in total. The van der Waals surface area contributed by atoms with Crippen LogP contribution in [0, 0.1) is 12.9 Å². The van der Waals surface area contributed by atoms with Crippen LogP contribution in [0.25, 0.3) is 0 Å². The lowest BCUT2D eigenvalue weighted by molar-refractivity contribution is -0.138. The lowest BCUT2D eigenvalue weighted by atomic mass is 10.0. The van der Waals surface area contributed by atoms with E-state index in [4.69, 9.17) is 0 Å². The van der Waals surface area contributed by atoms with Gasteiger partial charge < -0.3 is 0 Å². The Labute approximate surface area is 123 Å². The number of pyridine rings is 1. The Hall–Kier alpha value is -2.64. The first-order valence-corrected chi connectivity index (χ1v) is 6.13. The number of nitrogens with zero attached hydrogens (tertiary/aromatic N) is 1.